The Balaban J connectivity index is 0.000000374. The summed E-state index contributed by atoms with van der Waals surface area (Å²) in [5.41, 5.74) is 3.33. The van der Waals surface area contributed by atoms with E-state index in [4.69, 9.17) is 55.4 Å². The molecule has 0 amide bonds. The van der Waals surface area contributed by atoms with Crippen molar-refractivity contribution in [1.29, 1.82) is 0 Å². The van der Waals surface area contributed by atoms with E-state index in [2.05, 4.69) is 10.3 Å². The number of hydrogen-bond donors (Lipinski definition) is 1. The van der Waals surface area contributed by atoms with Crippen LogP contribution in [-0.2, 0) is 0 Å². The molecule has 41 heavy (non-hydrogen) atoms. The largest absolute Gasteiger partial charge is 2.00 e. The van der Waals surface area contributed by atoms with Crippen LogP contribution in [0.2, 0.25) is 20.1 Å². The fraction of sp³-hybridized carbons (Fsp3) is 0.310. The standard InChI is InChI=1S/C14H13Cl2NO2.C13H9Cl2NO2.CH4.CH3.BrH.Mg/c1-7(18)11-13(17-19-14(11)8-5-6-8)12-9(15)3-2-4-10(12)16;14-9-2-1-3-10(15)11(9)12-8(6-17)13(18-16-12)7-4-5-7;;;;/h2-4,7-8,18H,5-6H2,1H3;1-3,6-7H,4-5H2;1H4;1H3;1H;/q;;;-1;;+2/p-1. The number of halogens is 5. The fourth-order valence-corrected chi connectivity index (χ4v) is 5.38. The van der Waals surface area contributed by atoms with Crippen molar-refractivity contribution in [3.63, 3.8) is 0 Å². The molecule has 0 aliphatic heterocycles. The van der Waals surface area contributed by atoms with E-state index < -0.39 is 6.10 Å². The zero-order chi connectivity index (χ0) is 26.3. The molecule has 2 fully saturated rings. The maximum atomic E-state index is 11.3. The van der Waals surface area contributed by atoms with Gasteiger partial charge >= 0.3 is 23.1 Å². The van der Waals surface area contributed by atoms with Crippen LogP contribution in [0.15, 0.2) is 45.4 Å². The minimum Gasteiger partial charge on any atom is -1.00 e. The van der Waals surface area contributed by atoms with Crippen molar-refractivity contribution in [2.75, 3.05) is 0 Å². The number of hydrogen-bond acceptors (Lipinski definition) is 6. The molecule has 6 rings (SSSR count). The molecule has 12 heteroatoms. The van der Waals surface area contributed by atoms with Gasteiger partial charge in [-0.15, -0.1) is 0 Å². The molecule has 1 atom stereocenters. The number of aldehydes is 1. The van der Waals surface area contributed by atoms with Crippen LogP contribution >= 0.6 is 46.4 Å². The molecule has 2 aromatic carbocycles. The predicted molar refractivity (Wildman–Crippen MR) is 163 cm³/mol. The van der Waals surface area contributed by atoms with E-state index in [-0.39, 0.29) is 54.9 Å². The summed E-state index contributed by atoms with van der Waals surface area (Å²) < 4.78 is 10.7. The Kier molecular flexibility index (Phi) is 14.9. The number of aromatic nitrogens is 2. The molecule has 1 unspecified atom stereocenters. The van der Waals surface area contributed by atoms with Crippen molar-refractivity contribution in [3.05, 3.63) is 86.6 Å². The number of aliphatic hydroxyl groups excluding tert-OH is 1. The Labute approximate surface area is 287 Å². The molecule has 2 aliphatic carbocycles. The van der Waals surface area contributed by atoms with Gasteiger partial charge < -0.3 is 38.6 Å². The molecule has 0 saturated heterocycles. The predicted octanol–water partition coefficient (Wildman–Crippen LogP) is 6.63. The van der Waals surface area contributed by atoms with E-state index in [9.17, 15) is 9.90 Å². The first-order valence-corrected chi connectivity index (χ1v) is 13.3. The number of benzene rings is 2. The molecule has 6 nitrogen and oxygen atoms in total. The number of rotatable bonds is 6. The van der Waals surface area contributed by atoms with Crippen molar-refractivity contribution >= 4 is 75.7 Å². The molecular weight excluding hydrogens is 686 g/mol. The summed E-state index contributed by atoms with van der Waals surface area (Å²) >= 11 is 24.6. The second-order valence-electron chi connectivity index (χ2n) is 9.15. The maximum Gasteiger partial charge on any atom is 2.00 e. The number of carbonyl (C=O) groups excluding carboxylic acids is 1. The molecule has 2 heterocycles. The van der Waals surface area contributed by atoms with Gasteiger partial charge in [0.1, 0.15) is 17.1 Å². The molecule has 2 aromatic heterocycles. The van der Waals surface area contributed by atoms with Gasteiger partial charge in [-0.05, 0) is 56.9 Å². The molecule has 2 aliphatic rings. The number of carbonyl (C=O) groups is 1. The summed E-state index contributed by atoms with van der Waals surface area (Å²) in [6.45, 7) is 1.70. The first-order valence-electron chi connectivity index (χ1n) is 11.8. The van der Waals surface area contributed by atoms with Crippen molar-refractivity contribution in [3.8, 4) is 22.5 Å². The topological polar surface area (TPSA) is 89.4 Å². The van der Waals surface area contributed by atoms with E-state index >= 15 is 0 Å². The van der Waals surface area contributed by atoms with E-state index in [1.165, 1.54) is 0 Å². The Morgan fingerprint density at radius 1 is 0.829 bits per heavy atom. The molecular formula is C29H29BrCl4MgN2O4. The molecule has 0 spiro atoms. The van der Waals surface area contributed by atoms with Gasteiger partial charge in [0.2, 0.25) is 0 Å². The van der Waals surface area contributed by atoms with Gasteiger partial charge in [0.05, 0.1) is 37.3 Å². The minimum absolute atomic E-state index is 0. The Bertz CT molecular complexity index is 1430. The third-order valence-corrected chi connectivity index (χ3v) is 7.60. The molecule has 216 valence electrons. The fourth-order valence-electron chi connectivity index (χ4n) is 4.23. The van der Waals surface area contributed by atoms with Crippen LogP contribution < -0.4 is 17.0 Å². The SMILES string of the molecule is C.CC(O)c1c(-c2c(Cl)cccc2Cl)noc1C1CC1.O=Cc1c(-c2c(Cl)cccc2Cl)noc1C1CC1.[Br-].[CH3-].[Mg+2]. The molecule has 1 N–H and O–H groups in total. The minimum atomic E-state index is -0.663. The normalized spacial score (nSPS) is 14.2. The monoisotopic (exact) mass is 712 g/mol. The van der Waals surface area contributed by atoms with Gasteiger partial charge in [0, 0.05) is 23.0 Å². The Morgan fingerprint density at radius 2 is 1.22 bits per heavy atom. The first kappa shape index (κ1) is 37.9. The van der Waals surface area contributed by atoms with Gasteiger partial charge in [0.15, 0.2) is 12.0 Å². The summed E-state index contributed by atoms with van der Waals surface area (Å²) in [5.74, 6) is 2.09. The molecule has 0 bridgehead atoms. The van der Waals surface area contributed by atoms with Crippen LogP contribution in [0.1, 0.15) is 85.4 Å². The van der Waals surface area contributed by atoms with Crippen LogP contribution in [0, 0.1) is 7.43 Å². The quantitative estimate of drug-likeness (QED) is 0.137. The summed E-state index contributed by atoms with van der Waals surface area (Å²) in [4.78, 5) is 11.3. The summed E-state index contributed by atoms with van der Waals surface area (Å²) in [5, 5.41) is 20.0. The van der Waals surface area contributed by atoms with Crippen LogP contribution in [0.4, 0.5) is 0 Å². The second kappa shape index (κ2) is 16.1. The smallest absolute Gasteiger partial charge is 1.00 e. The van der Waals surface area contributed by atoms with E-state index in [0.717, 1.165) is 37.7 Å². The van der Waals surface area contributed by atoms with Gasteiger partial charge in [-0.25, -0.2) is 0 Å². The number of aliphatic hydroxyl groups is 1. The van der Waals surface area contributed by atoms with Gasteiger partial charge in [-0.3, -0.25) is 4.79 Å². The van der Waals surface area contributed by atoms with Crippen molar-refractivity contribution in [2.45, 2.75) is 58.0 Å². The van der Waals surface area contributed by atoms with E-state index in [1.807, 2.05) is 0 Å². The zero-order valence-electron chi connectivity index (χ0n) is 21.8. The molecule has 4 aromatic rings. The van der Waals surface area contributed by atoms with Crippen molar-refractivity contribution in [2.24, 2.45) is 0 Å². The Hall–Kier alpha value is -1.10. The maximum absolute atomic E-state index is 11.3. The molecule has 0 radical (unpaired) electrons. The van der Waals surface area contributed by atoms with Crippen LogP contribution in [0.25, 0.3) is 22.5 Å². The third-order valence-electron chi connectivity index (χ3n) is 6.34. The summed E-state index contributed by atoms with van der Waals surface area (Å²) in [6, 6.07) is 10.4. The van der Waals surface area contributed by atoms with Gasteiger partial charge in [-0.1, -0.05) is 76.3 Å². The summed E-state index contributed by atoms with van der Waals surface area (Å²) in [6.07, 6.45) is 4.32. The van der Waals surface area contributed by atoms with E-state index in [0.29, 0.717) is 71.3 Å². The third kappa shape index (κ3) is 8.09. The average Bonchev–Trinajstić information content (AvgIpc) is 3.79. The Morgan fingerprint density at radius 3 is 1.63 bits per heavy atom. The van der Waals surface area contributed by atoms with E-state index in [1.54, 1.807) is 43.3 Å². The first-order chi connectivity index (χ1) is 17.8. The van der Waals surface area contributed by atoms with Gasteiger partial charge in [-0.2, -0.15) is 0 Å². The van der Waals surface area contributed by atoms with Crippen molar-refractivity contribution < 1.29 is 35.9 Å². The van der Waals surface area contributed by atoms with Crippen LogP contribution in [0.5, 0.6) is 0 Å². The van der Waals surface area contributed by atoms with Crippen LogP contribution in [-0.4, -0.2) is 44.8 Å². The number of nitrogens with zero attached hydrogens (tertiary/aromatic N) is 2. The van der Waals surface area contributed by atoms with Gasteiger partial charge in [0.25, 0.3) is 0 Å². The second-order valence-corrected chi connectivity index (χ2v) is 10.8. The summed E-state index contributed by atoms with van der Waals surface area (Å²) in [7, 11) is 0. The van der Waals surface area contributed by atoms with Crippen molar-refractivity contribution in [1.82, 2.24) is 10.3 Å². The molecule has 2 saturated carbocycles. The average molecular weight is 716 g/mol. The zero-order valence-corrected chi connectivity index (χ0v) is 27.8. The van der Waals surface area contributed by atoms with Crippen LogP contribution in [0.3, 0.4) is 0 Å².